The van der Waals surface area contributed by atoms with Crippen molar-refractivity contribution in [3.63, 3.8) is 0 Å². The van der Waals surface area contributed by atoms with Crippen LogP contribution in [0.1, 0.15) is 0 Å². The molecular formula is C26H25ClNiP2. The van der Waals surface area contributed by atoms with Gasteiger partial charge in [0.1, 0.15) is 0 Å². The molecule has 30 heavy (non-hydrogen) atoms. The van der Waals surface area contributed by atoms with E-state index in [1.165, 1.54) is 33.5 Å². The minimum absolute atomic E-state index is 0. The van der Waals surface area contributed by atoms with E-state index < -0.39 is 0 Å². The second-order valence-electron chi connectivity index (χ2n) is 6.65. The van der Waals surface area contributed by atoms with Crippen LogP contribution in [0.15, 0.2) is 121 Å². The monoisotopic (exact) mass is 492 g/mol. The summed E-state index contributed by atoms with van der Waals surface area (Å²) in [5.41, 5.74) is 0. The van der Waals surface area contributed by atoms with Crippen molar-refractivity contribution < 1.29 is 16.5 Å². The minimum atomic E-state index is -0.348. The molecule has 0 atom stereocenters. The Morgan fingerprint density at radius 3 is 0.767 bits per heavy atom. The molecule has 156 valence electrons. The van der Waals surface area contributed by atoms with Crippen LogP contribution in [-0.2, 0) is 16.5 Å². The summed E-state index contributed by atoms with van der Waals surface area (Å²) in [7, 11) is -0.696. The first-order valence-electron chi connectivity index (χ1n) is 9.67. The first-order chi connectivity index (χ1) is 13.9. The number of benzene rings is 4. The average molecular weight is 494 g/mol. The summed E-state index contributed by atoms with van der Waals surface area (Å²) in [6, 6.07) is 44.2. The zero-order chi connectivity index (χ0) is 19.0. The molecule has 0 aliphatic heterocycles. The van der Waals surface area contributed by atoms with E-state index in [0.29, 0.717) is 0 Å². The molecule has 0 aliphatic rings. The Morgan fingerprint density at radius 2 is 0.567 bits per heavy atom. The van der Waals surface area contributed by atoms with E-state index in [2.05, 4.69) is 121 Å². The summed E-state index contributed by atoms with van der Waals surface area (Å²) in [6.45, 7) is 0. The van der Waals surface area contributed by atoms with Gasteiger partial charge in [0, 0.05) is 16.5 Å². The average Bonchev–Trinajstić information content (AvgIpc) is 2.79. The van der Waals surface area contributed by atoms with Crippen molar-refractivity contribution >= 4 is 49.5 Å². The second-order valence-corrected chi connectivity index (χ2v) is 11.3. The van der Waals surface area contributed by atoms with Crippen LogP contribution in [0.5, 0.6) is 0 Å². The number of hydrogen-bond donors (Lipinski definition) is 0. The Hall–Kier alpha value is -1.48. The Balaban J connectivity index is 0.00000160. The molecule has 0 heterocycles. The molecule has 4 heteroatoms. The fourth-order valence-corrected chi connectivity index (χ4v) is 8.80. The predicted octanol–water partition coefficient (Wildman–Crippen LogP) is 5.67. The summed E-state index contributed by atoms with van der Waals surface area (Å²) in [4.78, 5) is 0. The third kappa shape index (κ3) is 6.51. The third-order valence-electron chi connectivity index (χ3n) is 4.82. The van der Waals surface area contributed by atoms with Gasteiger partial charge in [-0.2, -0.15) is 0 Å². The number of hydrogen-bond acceptors (Lipinski definition) is 0. The fourth-order valence-electron chi connectivity index (χ4n) is 3.45. The fraction of sp³-hybridized carbons (Fsp3) is 0.0769. The van der Waals surface area contributed by atoms with E-state index in [4.69, 9.17) is 0 Å². The van der Waals surface area contributed by atoms with Crippen LogP contribution in [0, 0.1) is 0 Å². The molecule has 0 bridgehead atoms. The molecule has 0 saturated carbocycles. The van der Waals surface area contributed by atoms with Gasteiger partial charge in [-0.3, -0.25) is 0 Å². The van der Waals surface area contributed by atoms with E-state index >= 15 is 0 Å². The first-order valence-corrected chi connectivity index (χ1v) is 12.7. The van der Waals surface area contributed by atoms with Crippen LogP contribution >= 0.6 is 28.3 Å². The smallest absolute Gasteiger partial charge is 0 e. The van der Waals surface area contributed by atoms with Gasteiger partial charge in [0.15, 0.2) is 0 Å². The maximum Gasteiger partial charge on any atom is 0 e. The van der Waals surface area contributed by atoms with Crippen LogP contribution in [0.25, 0.3) is 0 Å². The van der Waals surface area contributed by atoms with Gasteiger partial charge < -0.3 is 0 Å². The van der Waals surface area contributed by atoms with Crippen LogP contribution in [0.4, 0.5) is 0 Å². The normalized spacial score (nSPS) is 10.3. The molecule has 4 aromatic carbocycles. The van der Waals surface area contributed by atoms with Gasteiger partial charge in [0.25, 0.3) is 0 Å². The maximum absolute atomic E-state index is 2.30. The molecule has 4 rings (SSSR count). The van der Waals surface area contributed by atoms with Gasteiger partial charge in [0.2, 0.25) is 0 Å². The Bertz CT molecular complexity index is 805. The minimum Gasteiger partial charge on any atom is -0.147 e. The molecule has 0 N–H and O–H groups in total. The molecule has 0 aliphatic carbocycles. The van der Waals surface area contributed by atoms with E-state index in [-0.39, 0.29) is 44.7 Å². The van der Waals surface area contributed by atoms with Gasteiger partial charge in [-0.15, -0.1) is 12.4 Å². The standard InChI is InChI=1S/C26H24P2.ClH.Ni/c1-5-13-23(14-6-1)27(24-15-7-2-8-16-24)21-22-28(25-17-9-3-10-18-25)26-19-11-4-12-20-26;;/h1-20H,21-22H2;1H;. The first kappa shape index (κ1) is 24.8. The van der Waals surface area contributed by atoms with E-state index in [1.54, 1.807) is 0 Å². The van der Waals surface area contributed by atoms with E-state index in [9.17, 15) is 0 Å². The molecule has 0 saturated heterocycles. The molecule has 4 aromatic rings. The quantitative estimate of drug-likeness (QED) is 0.230. The van der Waals surface area contributed by atoms with Crippen molar-refractivity contribution in [2.45, 2.75) is 0 Å². The van der Waals surface area contributed by atoms with Crippen molar-refractivity contribution in [1.82, 2.24) is 0 Å². The summed E-state index contributed by atoms with van der Waals surface area (Å²) < 4.78 is 0. The van der Waals surface area contributed by atoms with Crippen molar-refractivity contribution in [3.05, 3.63) is 121 Å². The summed E-state index contributed by atoms with van der Waals surface area (Å²) in [5, 5.41) is 5.89. The maximum atomic E-state index is 2.30. The van der Waals surface area contributed by atoms with Crippen LogP contribution in [-0.4, -0.2) is 12.3 Å². The topological polar surface area (TPSA) is 0 Å². The third-order valence-corrected chi connectivity index (χ3v) is 10.2. The Labute approximate surface area is 199 Å². The summed E-state index contributed by atoms with van der Waals surface area (Å²) >= 11 is 0. The van der Waals surface area contributed by atoms with Gasteiger partial charge in [0.05, 0.1) is 0 Å². The van der Waals surface area contributed by atoms with Gasteiger partial charge in [-0.1, -0.05) is 121 Å². The molecule has 0 nitrogen and oxygen atoms in total. The zero-order valence-electron chi connectivity index (χ0n) is 16.6. The predicted molar refractivity (Wildman–Crippen MR) is 135 cm³/mol. The molecule has 0 aromatic heterocycles. The van der Waals surface area contributed by atoms with Gasteiger partial charge in [-0.25, -0.2) is 0 Å². The molecular weight excluding hydrogens is 468 g/mol. The Morgan fingerprint density at radius 1 is 0.367 bits per heavy atom. The summed E-state index contributed by atoms with van der Waals surface area (Å²) in [6.07, 6.45) is 2.41. The Kier molecular flexibility index (Phi) is 10.8. The molecule has 0 unspecified atom stereocenters. The van der Waals surface area contributed by atoms with E-state index in [1.807, 2.05) is 0 Å². The molecule has 0 radical (unpaired) electrons. The SMILES string of the molecule is Cl.[Ni].c1ccc(P(CCP(c2ccccc2)c2ccccc2)c2ccccc2)cc1. The molecule has 0 spiro atoms. The number of halogens is 1. The van der Waals surface area contributed by atoms with E-state index in [0.717, 1.165) is 0 Å². The van der Waals surface area contributed by atoms with Gasteiger partial charge >= 0.3 is 0 Å². The van der Waals surface area contributed by atoms with Crippen molar-refractivity contribution in [1.29, 1.82) is 0 Å². The molecule has 0 fully saturated rings. The van der Waals surface area contributed by atoms with Gasteiger partial charge in [-0.05, 0) is 49.4 Å². The second kappa shape index (κ2) is 13.0. The molecule has 0 amide bonds. The number of rotatable bonds is 7. The van der Waals surface area contributed by atoms with Crippen LogP contribution in [0.3, 0.4) is 0 Å². The van der Waals surface area contributed by atoms with Crippen molar-refractivity contribution in [3.8, 4) is 0 Å². The van der Waals surface area contributed by atoms with Crippen molar-refractivity contribution in [2.24, 2.45) is 0 Å². The largest absolute Gasteiger partial charge is 0.147 e. The van der Waals surface area contributed by atoms with Crippen molar-refractivity contribution in [2.75, 3.05) is 12.3 Å². The van der Waals surface area contributed by atoms with Crippen LogP contribution < -0.4 is 21.2 Å². The van der Waals surface area contributed by atoms with Crippen LogP contribution in [0.2, 0.25) is 0 Å². The summed E-state index contributed by atoms with van der Waals surface area (Å²) in [5.74, 6) is 0. The zero-order valence-corrected chi connectivity index (χ0v) is 20.2.